The Labute approximate surface area is 96.3 Å². The summed E-state index contributed by atoms with van der Waals surface area (Å²) in [4.78, 5) is 13.1. The summed E-state index contributed by atoms with van der Waals surface area (Å²) in [6, 6.07) is 4.61. The number of aliphatic hydroxyl groups excluding tert-OH is 1. The Hall–Kier alpha value is -1.07. The SMILES string of the molecule is CN(CCO)C(=O)c1ccc(Br)c(O)c1. The molecular weight excluding hydrogens is 262 g/mol. The van der Waals surface area contributed by atoms with E-state index in [0.717, 1.165) is 0 Å². The minimum atomic E-state index is -0.230. The molecule has 2 N–H and O–H groups in total. The molecule has 5 heteroatoms. The molecule has 1 rings (SSSR count). The highest BCUT2D eigenvalue weighted by molar-refractivity contribution is 9.10. The van der Waals surface area contributed by atoms with E-state index in [2.05, 4.69) is 15.9 Å². The molecule has 1 amide bonds. The first-order valence-corrected chi connectivity index (χ1v) is 5.20. The molecule has 0 saturated heterocycles. The number of carbonyl (C=O) groups excluding carboxylic acids is 1. The first-order chi connectivity index (χ1) is 7.06. The van der Waals surface area contributed by atoms with Gasteiger partial charge in [-0.15, -0.1) is 0 Å². The first kappa shape index (κ1) is 12.0. The van der Waals surface area contributed by atoms with Gasteiger partial charge in [0.1, 0.15) is 5.75 Å². The predicted octanol–water partition coefficient (Wildman–Crippen LogP) is 1.22. The van der Waals surface area contributed by atoms with Gasteiger partial charge in [0.15, 0.2) is 0 Å². The molecule has 0 spiro atoms. The highest BCUT2D eigenvalue weighted by Gasteiger charge is 2.12. The molecule has 15 heavy (non-hydrogen) atoms. The fourth-order valence-corrected chi connectivity index (χ4v) is 1.36. The lowest BCUT2D eigenvalue weighted by Gasteiger charge is -2.15. The standard InChI is InChI=1S/C10H12BrNO3/c1-12(4-5-13)10(15)7-2-3-8(11)9(14)6-7/h2-3,6,13-14H,4-5H2,1H3. The van der Waals surface area contributed by atoms with Gasteiger partial charge < -0.3 is 15.1 Å². The van der Waals surface area contributed by atoms with Crippen LogP contribution < -0.4 is 0 Å². The minimum Gasteiger partial charge on any atom is -0.507 e. The lowest BCUT2D eigenvalue weighted by molar-refractivity contribution is 0.0766. The molecule has 0 bridgehead atoms. The maximum Gasteiger partial charge on any atom is 0.253 e. The molecule has 0 heterocycles. The van der Waals surface area contributed by atoms with Gasteiger partial charge in [-0.25, -0.2) is 0 Å². The number of rotatable bonds is 3. The normalized spacial score (nSPS) is 10.1. The van der Waals surface area contributed by atoms with E-state index in [1.165, 1.54) is 11.0 Å². The van der Waals surface area contributed by atoms with E-state index in [0.29, 0.717) is 10.0 Å². The molecule has 0 fully saturated rings. The Morgan fingerprint density at radius 1 is 1.53 bits per heavy atom. The number of nitrogens with zero attached hydrogens (tertiary/aromatic N) is 1. The average molecular weight is 274 g/mol. The van der Waals surface area contributed by atoms with Gasteiger partial charge in [-0.1, -0.05) is 0 Å². The summed E-state index contributed by atoms with van der Waals surface area (Å²) >= 11 is 3.13. The number of amides is 1. The van der Waals surface area contributed by atoms with Crippen LogP contribution in [0.4, 0.5) is 0 Å². The number of carbonyl (C=O) groups is 1. The van der Waals surface area contributed by atoms with Crippen LogP contribution in [-0.2, 0) is 0 Å². The third-order valence-corrected chi connectivity index (χ3v) is 2.65. The largest absolute Gasteiger partial charge is 0.507 e. The van der Waals surface area contributed by atoms with Gasteiger partial charge in [0.25, 0.3) is 5.91 Å². The Kier molecular flexibility index (Phi) is 4.11. The molecule has 0 aliphatic carbocycles. The van der Waals surface area contributed by atoms with E-state index in [1.54, 1.807) is 19.2 Å². The quantitative estimate of drug-likeness (QED) is 0.871. The zero-order valence-corrected chi connectivity index (χ0v) is 9.86. The van der Waals surface area contributed by atoms with Crippen LogP contribution in [0.25, 0.3) is 0 Å². The molecule has 0 aromatic heterocycles. The number of benzene rings is 1. The molecule has 0 unspecified atom stereocenters. The number of halogens is 1. The van der Waals surface area contributed by atoms with Crippen molar-refractivity contribution in [1.82, 2.24) is 4.90 Å². The van der Waals surface area contributed by atoms with Gasteiger partial charge in [0.05, 0.1) is 11.1 Å². The molecule has 0 atom stereocenters. The summed E-state index contributed by atoms with van der Waals surface area (Å²) < 4.78 is 0.545. The second-order valence-electron chi connectivity index (χ2n) is 3.12. The summed E-state index contributed by atoms with van der Waals surface area (Å²) in [6.07, 6.45) is 0. The number of phenols is 1. The van der Waals surface area contributed by atoms with Crippen LogP contribution in [0.5, 0.6) is 5.75 Å². The third-order valence-electron chi connectivity index (χ3n) is 1.98. The molecular formula is C10H12BrNO3. The van der Waals surface area contributed by atoms with Crippen molar-refractivity contribution in [1.29, 1.82) is 0 Å². The van der Waals surface area contributed by atoms with Gasteiger partial charge >= 0.3 is 0 Å². The Morgan fingerprint density at radius 2 is 2.20 bits per heavy atom. The lowest BCUT2D eigenvalue weighted by Crippen LogP contribution is -2.29. The highest BCUT2D eigenvalue weighted by atomic mass is 79.9. The highest BCUT2D eigenvalue weighted by Crippen LogP contribution is 2.24. The summed E-state index contributed by atoms with van der Waals surface area (Å²) in [5.41, 5.74) is 0.395. The Balaban J connectivity index is 2.87. The van der Waals surface area contributed by atoms with E-state index in [-0.39, 0.29) is 24.8 Å². The zero-order valence-electron chi connectivity index (χ0n) is 8.27. The maximum absolute atomic E-state index is 11.7. The van der Waals surface area contributed by atoms with Crippen LogP contribution in [0.1, 0.15) is 10.4 Å². The van der Waals surface area contributed by atoms with Crippen molar-refractivity contribution in [3.63, 3.8) is 0 Å². The molecule has 0 aliphatic heterocycles. The van der Waals surface area contributed by atoms with Crippen molar-refractivity contribution in [3.05, 3.63) is 28.2 Å². The fraction of sp³-hybridized carbons (Fsp3) is 0.300. The summed E-state index contributed by atoms with van der Waals surface area (Å²) in [6.45, 7) is 0.195. The van der Waals surface area contributed by atoms with E-state index in [9.17, 15) is 9.90 Å². The van der Waals surface area contributed by atoms with E-state index in [1.807, 2.05) is 0 Å². The van der Waals surface area contributed by atoms with Crippen LogP contribution >= 0.6 is 15.9 Å². The van der Waals surface area contributed by atoms with Gasteiger partial charge in [-0.2, -0.15) is 0 Å². The van der Waals surface area contributed by atoms with Crippen LogP contribution in [-0.4, -0.2) is 41.2 Å². The van der Waals surface area contributed by atoms with Crippen LogP contribution in [0.15, 0.2) is 22.7 Å². The first-order valence-electron chi connectivity index (χ1n) is 4.41. The zero-order chi connectivity index (χ0) is 11.4. The van der Waals surface area contributed by atoms with Crippen molar-refractivity contribution in [3.8, 4) is 5.75 Å². The van der Waals surface area contributed by atoms with Gasteiger partial charge in [0.2, 0.25) is 0 Å². The molecule has 0 radical (unpaired) electrons. The Bertz CT molecular complexity index is 368. The van der Waals surface area contributed by atoms with Crippen molar-refractivity contribution in [2.75, 3.05) is 20.2 Å². The van der Waals surface area contributed by atoms with Gasteiger partial charge in [0, 0.05) is 19.2 Å². The number of phenolic OH excluding ortho intramolecular Hbond substituents is 1. The van der Waals surface area contributed by atoms with Crippen molar-refractivity contribution in [2.24, 2.45) is 0 Å². The topological polar surface area (TPSA) is 60.8 Å². The average Bonchev–Trinajstić information content (AvgIpc) is 2.21. The third kappa shape index (κ3) is 2.94. The molecule has 1 aromatic carbocycles. The van der Waals surface area contributed by atoms with Crippen molar-refractivity contribution >= 4 is 21.8 Å². The second-order valence-corrected chi connectivity index (χ2v) is 3.97. The summed E-state index contributed by atoms with van der Waals surface area (Å²) in [5.74, 6) is -0.204. The number of likely N-dealkylation sites (N-methyl/N-ethyl adjacent to an activating group) is 1. The summed E-state index contributed by atoms with van der Waals surface area (Å²) in [5, 5.41) is 18.1. The maximum atomic E-state index is 11.7. The predicted molar refractivity (Wildman–Crippen MR) is 59.9 cm³/mol. The monoisotopic (exact) mass is 273 g/mol. The molecule has 0 saturated carbocycles. The lowest BCUT2D eigenvalue weighted by atomic mass is 10.2. The number of hydrogen-bond acceptors (Lipinski definition) is 3. The second kappa shape index (κ2) is 5.14. The van der Waals surface area contributed by atoms with Gasteiger partial charge in [-0.05, 0) is 34.1 Å². The summed E-state index contributed by atoms with van der Waals surface area (Å²) in [7, 11) is 1.59. The van der Waals surface area contributed by atoms with Gasteiger partial charge in [-0.3, -0.25) is 4.79 Å². The van der Waals surface area contributed by atoms with Crippen molar-refractivity contribution < 1.29 is 15.0 Å². The van der Waals surface area contributed by atoms with Crippen LogP contribution in [0, 0.1) is 0 Å². The number of hydrogen-bond donors (Lipinski definition) is 2. The minimum absolute atomic E-state index is 0.0262. The fourth-order valence-electron chi connectivity index (χ4n) is 1.12. The Morgan fingerprint density at radius 3 is 2.73 bits per heavy atom. The number of aromatic hydroxyl groups is 1. The van der Waals surface area contributed by atoms with E-state index < -0.39 is 0 Å². The molecule has 1 aromatic rings. The molecule has 4 nitrogen and oxygen atoms in total. The van der Waals surface area contributed by atoms with Crippen molar-refractivity contribution in [2.45, 2.75) is 0 Å². The molecule has 82 valence electrons. The molecule has 0 aliphatic rings. The van der Waals surface area contributed by atoms with Crippen LogP contribution in [0.3, 0.4) is 0 Å². The smallest absolute Gasteiger partial charge is 0.253 e. The number of aliphatic hydroxyl groups is 1. The van der Waals surface area contributed by atoms with Crippen LogP contribution in [0.2, 0.25) is 0 Å². The van der Waals surface area contributed by atoms with E-state index in [4.69, 9.17) is 5.11 Å². The van der Waals surface area contributed by atoms with E-state index >= 15 is 0 Å².